The molecule has 0 heterocycles. The molecule has 4 rings (SSSR count). The van der Waals surface area contributed by atoms with Crippen molar-refractivity contribution in [2.24, 2.45) is 10.2 Å². The van der Waals surface area contributed by atoms with Crippen LogP contribution < -0.4 is 0 Å². The van der Waals surface area contributed by atoms with Crippen LogP contribution in [0.15, 0.2) is 101 Å². The zero-order chi connectivity index (χ0) is 22.0. The molecule has 0 amide bonds. The van der Waals surface area contributed by atoms with Crippen LogP contribution in [0, 0.1) is 0 Å². The van der Waals surface area contributed by atoms with Crippen LogP contribution in [0.25, 0.3) is 11.1 Å². The normalized spacial score (nSPS) is 21.4. The Kier molecular flexibility index (Phi) is 5.31. The zero-order valence-corrected chi connectivity index (χ0v) is 16.8. The summed E-state index contributed by atoms with van der Waals surface area (Å²) in [5.74, 6) is -0.684. The molecule has 0 spiro atoms. The van der Waals surface area contributed by atoms with Crippen molar-refractivity contribution >= 4 is 16.8 Å². The molecular formula is C25H22N2O4. The number of phenolic OH excluding ortho intramolecular Hbond substituents is 2. The highest BCUT2D eigenvalue weighted by molar-refractivity contribution is 5.90. The second kappa shape index (κ2) is 8.08. The molecule has 0 fully saturated rings. The van der Waals surface area contributed by atoms with Crippen LogP contribution in [0.1, 0.15) is 18.1 Å². The fourth-order valence-electron chi connectivity index (χ4n) is 3.60. The van der Waals surface area contributed by atoms with Gasteiger partial charge in [0.1, 0.15) is 23.4 Å². The largest absolute Gasteiger partial charge is 0.509 e. The maximum absolute atomic E-state index is 11.3. The van der Waals surface area contributed by atoms with Crippen LogP contribution in [0.5, 0.6) is 11.5 Å². The van der Waals surface area contributed by atoms with Crippen molar-refractivity contribution in [1.29, 1.82) is 0 Å². The first kappa shape index (κ1) is 20.4. The molecule has 6 heteroatoms. The van der Waals surface area contributed by atoms with Crippen molar-refractivity contribution in [2.45, 2.75) is 18.6 Å². The van der Waals surface area contributed by atoms with Gasteiger partial charge in [-0.15, -0.1) is 5.11 Å². The van der Waals surface area contributed by atoms with Gasteiger partial charge in [-0.3, -0.25) is 0 Å². The quantitative estimate of drug-likeness (QED) is 0.431. The van der Waals surface area contributed by atoms with Gasteiger partial charge in [0, 0.05) is 5.57 Å². The fourth-order valence-corrected chi connectivity index (χ4v) is 3.60. The minimum Gasteiger partial charge on any atom is -0.509 e. The van der Waals surface area contributed by atoms with Crippen LogP contribution in [0.3, 0.4) is 0 Å². The minimum atomic E-state index is -1.56. The maximum atomic E-state index is 11.3. The number of allylic oxidation sites excluding steroid dienone is 2. The topological polar surface area (TPSA) is 106 Å². The number of aliphatic hydroxyl groups is 2. The zero-order valence-electron chi connectivity index (χ0n) is 16.8. The van der Waals surface area contributed by atoms with Crippen LogP contribution in [-0.4, -0.2) is 32.1 Å². The second-order valence-electron chi connectivity index (χ2n) is 7.49. The van der Waals surface area contributed by atoms with Gasteiger partial charge in [0.05, 0.1) is 0 Å². The van der Waals surface area contributed by atoms with Crippen LogP contribution in [0.4, 0.5) is 5.69 Å². The van der Waals surface area contributed by atoms with E-state index in [4.69, 9.17) is 0 Å². The Hall–Kier alpha value is -3.90. The lowest BCUT2D eigenvalue weighted by Crippen LogP contribution is -2.42. The van der Waals surface area contributed by atoms with E-state index in [0.29, 0.717) is 11.1 Å². The lowest BCUT2D eigenvalue weighted by atomic mass is 9.77. The van der Waals surface area contributed by atoms with E-state index in [1.165, 1.54) is 18.2 Å². The summed E-state index contributed by atoms with van der Waals surface area (Å²) in [6.45, 7) is 1.56. The number of aliphatic hydroxyl groups excluding tert-OH is 2. The summed E-state index contributed by atoms with van der Waals surface area (Å²) >= 11 is 0. The lowest BCUT2D eigenvalue weighted by molar-refractivity contribution is 0.130. The van der Waals surface area contributed by atoms with Gasteiger partial charge in [0.15, 0.2) is 11.2 Å². The molecule has 2 unspecified atom stereocenters. The molecule has 0 aromatic heterocycles. The highest BCUT2D eigenvalue weighted by Crippen LogP contribution is 2.44. The third-order valence-electron chi connectivity index (χ3n) is 5.40. The maximum Gasteiger partial charge on any atom is 0.168 e. The number of nitrogens with zero attached hydrogens (tertiary/aromatic N) is 2. The number of azo groups is 1. The van der Waals surface area contributed by atoms with E-state index in [2.05, 4.69) is 10.2 Å². The Labute approximate surface area is 179 Å². The Bertz CT molecular complexity index is 1170. The molecule has 0 saturated heterocycles. The molecule has 0 aliphatic heterocycles. The summed E-state index contributed by atoms with van der Waals surface area (Å²) < 4.78 is 0. The second-order valence-corrected chi connectivity index (χ2v) is 7.49. The summed E-state index contributed by atoms with van der Waals surface area (Å²) in [5, 5.41) is 50.7. The van der Waals surface area contributed by atoms with Gasteiger partial charge in [0.2, 0.25) is 0 Å². The number of aromatic hydroxyl groups is 2. The standard InChI is InChI=1S/C25H22N2O4/c1-25(27-26-22-20(28)13-8-14-21(22)29)23(30)18(16-9-4-2-5-10-16)15-19(24(25)31)17-11-6-3-7-12-17/h2-15,23,28-31H,1H3. The molecule has 156 valence electrons. The molecule has 3 aromatic carbocycles. The summed E-state index contributed by atoms with van der Waals surface area (Å²) in [6.07, 6.45) is 0.526. The third kappa shape index (κ3) is 3.69. The summed E-state index contributed by atoms with van der Waals surface area (Å²) in [4.78, 5) is 0. The number of phenols is 2. The molecule has 0 radical (unpaired) electrons. The SMILES string of the molecule is CC1(N=Nc2c(O)cccc2O)C(O)=C(c2ccccc2)C=C(c2ccccc2)C1O. The van der Waals surface area contributed by atoms with Gasteiger partial charge in [-0.1, -0.05) is 66.7 Å². The average molecular weight is 414 g/mol. The Morgan fingerprint density at radius 2 is 1.29 bits per heavy atom. The van der Waals surface area contributed by atoms with Gasteiger partial charge < -0.3 is 20.4 Å². The molecule has 0 bridgehead atoms. The van der Waals surface area contributed by atoms with E-state index in [-0.39, 0.29) is 22.9 Å². The molecule has 3 aromatic rings. The summed E-state index contributed by atoms with van der Waals surface area (Å²) in [5.41, 5.74) is 0.920. The molecule has 31 heavy (non-hydrogen) atoms. The van der Waals surface area contributed by atoms with Gasteiger partial charge in [0.25, 0.3) is 0 Å². The van der Waals surface area contributed by atoms with Crippen molar-refractivity contribution < 1.29 is 20.4 Å². The average Bonchev–Trinajstić information content (AvgIpc) is 2.79. The van der Waals surface area contributed by atoms with Crippen molar-refractivity contribution in [1.82, 2.24) is 0 Å². The summed E-state index contributed by atoms with van der Waals surface area (Å²) in [6, 6.07) is 22.9. The predicted octanol–water partition coefficient (Wildman–Crippen LogP) is 5.37. The highest BCUT2D eigenvalue weighted by atomic mass is 16.3. The van der Waals surface area contributed by atoms with E-state index in [0.717, 1.165) is 11.1 Å². The molecule has 1 aliphatic carbocycles. The molecule has 2 atom stereocenters. The van der Waals surface area contributed by atoms with E-state index in [1.54, 1.807) is 13.0 Å². The monoisotopic (exact) mass is 414 g/mol. The molecule has 4 N–H and O–H groups in total. The number of rotatable bonds is 4. The molecule has 0 saturated carbocycles. The van der Waals surface area contributed by atoms with Crippen LogP contribution in [0.2, 0.25) is 0 Å². The van der Waals surface area contributed by atoms with E-state index in [1.807, 2.05) is 60.7 Å². The molecule has 6 nitrogen and oxygen atoms in total. The first-order chi connectivity index (χ1) is 14.9. The minimum absolute atomic E-state index is 0.138. The predicted molar refractivity (Wildman–Crippen MR) is 119 cm³/mol. The van der Waals surface area contributed by atoms with Gasteiger partial charge >= 0.3 is 0 Å². The van der Waals surface area contributed by atoms with Crippen molar-refractivity contribution in [3.05, 3.63) is 102 Å². The first-order valence-electron chi connectivity index (χ1n) is 9.80. The van der Waals surface area contributed by atoms with Crippen molar-refractivity contribution in [2.75, 3.05) is 0 Å². The Morgan fingerprint density at radius 1 is 0.742 bits per heavy atom. The van der Waals surface area contributed by atoms with E-state index >= 15 is 0 Å². The third-order valence-corrected chi connectivity index (χ3v) is 5.40. The number of benzene rings is 3. The van der Waals surface area contributed by atoms with E-state index < -0.39 is 11.6 Å². The van der Waals surface area contributed by atoms with Gasteiger partial charge in [-0.2, -0.15) is 5.11 Å². The Balaban J connectivity index is 1.89. The van der Waals surface area contributed by atoms with Gasteiger partial charge in [-0.25, -0.2) is 0 Å². The highest BCUT2D eigenvalue weighted by Gasteiger charge is 2.45. The van der Waals surface area contributed by atoms with Gasteiger partial charge in [-0.05, 0) is 41.8 Å². The van der Waals surface area contributed by atoms with Crippen molar-refractivity contribution in [3.63, 3.8) is 0 Å². The molecular weight excluding hydrogens is 392 g/mol. The van der Waals surface area contributed by atoms with Crippen molar-refractivity contribution in [3.8, 4) is 11.5 Å². The molecule has 1 aliphatic rings. The first-order valence-corrected chi connectivity index (χ1v) is 9.80. The smallest absolute Gasteiger partial charge is 0.168 e. The van der Waals surface area contributed by atoms with Crippen LogP contribution in [-0.2, 0) is 0 Å². The summed E-state index contributed by atoms with van der Waals surface area (Å²) in [7, 11) is 0. The number of hydrogen-bond acceptors (Lipinski definition) is 6. The Morgan fingerprint density at radius 3 is 1.87 bits per heavy atom. The van der Waals surface area contributed by atoms with E-state index in [9.17, 15) is 20.4 Å². The fraction of sp³-hybridized carbons (Fsp3) is 0.120. The lowest BCUT2D eigenvalue weighted by Gasteiger charge is -2.35. The number of hydrogen-bond donors (Lipinski definition) is 4. The van der Waals surface area contributed by atoms with Crippen LogP contribution >= 0.6 is 0 Å².